The lowest BCUT2D eigenvalue weighted by Crippen LogP contribution is -2.48. The Morgan fingerprint density at radius 2 is 1.81 bits per heavy atom. The SMILES string of the molecule is CC(=O)N1CCN(c2c(Cl)cccc2NC(=O)c2cccnc2Cl)CC1. The van der Waals surface area contributed by atoms with E-state index >= 15 is 0 Å². The van der Waals surface area contributed by atoms with Gasteiger partial charge < -0.3 is 15.1 Å². The van der Waals surface area contributed by atoms with Crippen molar-refractivity contribution >= 4 is 46.4 Å². The summed E-state index contributed by atoms with van der Waals surface area (Å²) in [5.74, 6) is -0.294. The molecule has 1 N–H and O–H groups in total. The zero-order valence-corrected chi connectivity index (χ0v) is 15.7. The molecule has 2 heterocycles. The summed E-state index contributed by atoms with van der Waals surface area (Å²) in [7, 11) is 0. The number of carbonyl (C=O) groups is 2. The number of rotatable bonds is 3. The summed E-state index contributed by atoms with van der Waals surface area (Å²) in [5, 5.41) is 3.55. The molecule has 0 atom stereocenters. The number of pyridine rings is 1. The fraction of sp³-hybridized carbons (Fsp3) is 0.278. The molecule has 1 fully saturated rings. The van der Waals surface area contributed by atoms with Crippen LogP contribution < -0.4 is 10.2 Å². The first-order chi connectivity index (χ1) is 12.5. The van der Waals surface area contributed by atoms with E-state index in [0.717, 1.165) is 5.69 Å². The summed E-state index contributed by atoms with van der Waals surface area (Å²) in [6.45, 7) is 4.07. The number of nitrogens with one attached hydrogen (secondary N) is 1. The minimum atomic E-state index is -0.353. The second-order valence-corrected chi connectivity index (χ2v) is 6.69. The number of benzene rings is 1. The van der Waals surface area contributed by atoms with Gasteiger partial charge in [-0.05, 0) is 24.3 Å². The fourth-order valence-corrected chi connectivity index (χ4v) is 3.43. The molecule has 2 aromatic rings. The van der Waals surface area contributed by atoms with Crippen LogP contribution in [-0.2, 0) is 4.79 Å². The zero-order chi connectivity index (χ0) is 18.7. The van der Waals surface area contributed by atoms with E-state index in [0.29, 0.717) is 42.5 Å². The summed E-state index contributed by atoms with van der Waals surface area (Å²) in [6, 6.07) is 8.61. The molecular formula is C18H18Cl2N4O2. The fourth-order valence-electron chi connectivity index (χ4n) is 2.93. The summed E-state index contributed by atoms with van der Waals surface area (Å²) in [6.07, 6.45) is 1.53. The number of carbonyl (C=O) groups excluding carboxylic acids is 2. The highest BCUT2D eigenvalue weighted by atomic mass is 35.5. The Kier molecular flexibility index (Phi) is 5.64. The Morgan fingerprint density at radius 1 is 1.08 bits per heavy atom. The monoisotopic (exact) mass is 392 g/mol. The van der Waals surface area contributed by atoms with Crippen LogP contribution in [0.1, 0.15) is 17.3 Å². The molecule has 0 aliphatic carbocycles. The molecule has 2 amide bonds. The van der Waals surface area contributed by atoms with Crippen molar-refractivity contribution in [3.05, 3.63) is 52.3 Å². The van der Waals surface area contributed by atoms with E-state index in [9.17, 15) is 9.59 Å². The van der Waals surface area contributed by atoms with Gasteiger partial charge in [-0.25, -0.2) is 4.98 Å². The second kappa shape index (κ2) is 7.93. The predicted molar refractivity (Wildman–Crippen MR) is 103 cm³/mol. The van der Waals surface area contributed by atoms with Crippen LogP contribution >= 0.6 is 23.2 Å². The lowest BCUT2D eigenvalue weighted by atomic mass is 10.2. The van der Waals surface area contributed by atoms with Gasteiger partial charge in [0.05, 0.1) is 22.0 Å². The van der Waals surface area contributed by atoms with Crippen molar-refractivity contribution < 1.29 is 9.59 Å². The third-order valence-corrected chi connectivity index (χ3v) is 4.89. The van der Waals surface area contributed by atoms with Gasteiger partial charge in [-0.15, -0.1) is 0 Å². The smallest absolute Gasteiger partial charge is 0.258 e. The maximum Gasteiger partial charge on any atom is 0.258 e. The molecule has 0 bridgehead atoms. The number of aromatic nitrogens is 1. The maximum absolute atomic E-state index is 12.6. The maximum atomic E-state index is 12.6. The Bertz CT molecular complexity index is 836. The summed E-state index contributed by atoms with van der Waals surface area (Å²) < 4.78 is 0. The van der Waals surface area contributed by atoms with Crippen LogP contribution in [0.15, 0.2) is 36.5 Å². The molecule has 136 valence electrons. The van der Waals surface area contributed by atoms with Crippen LogP contribution in [0.25, 0.3) is 0 Å². The van der Waals surface area contributed by atoms with Gasteiger partial charge in [-0.3, -0.25) is 9.59 Å². The largest absolute Gasteiger partial charge is 0.365 e. The first-order valence-electron chi connectivity index (χ1n) is 8.18. The number of hydrogen-bond acceptors (Lipinski definition) is 4. The highest BCUT2D eigenvalue weighted by Crippen LogP contribution is 2.35. The average molecular weight is 393 g/mol. The minimum absolute atomic E-state index is 0.0588. The topological polar surface area (TPSA) is 65.5 Å². The van der Waals surface area contributed by atoms with Crippen LogP contribution in [0.4, 0.5) is 11.4 Å². The summed E-state index contributed by atoms with van der Waals surface area (Å²) >= 11 is 12.4. The molecule has 3 rings (SSSR count). The highest BCUT2D eigenvalue weighted by molar-refractivity contribution is 6.35. The van der Waals surface area contributed by atoms with E-state index in [2.05, 4.69) is 15.2 Å². The number of halogens is 2. The number of piperazine rings is 1. The van der Waals surface area contributed by atoms with Crippen molar-refractivity contribution in [2.75, 3.05) is 36.4 Å². The van der Waals surface area contributed by atoms with Gasteiger partial charge in [-0.2, -0.15) is 0 Å². The van der Waals surface area contributed by atoms with Crippen LogP contribution in [0.3, 0.4) is 0 Å². The zero-order valence-electron chi connectivity index (χ0n) is 14.2. The summed E-state index contributed by atoms with van der Waals surface area (Å²) in [5.41, 5.74) is 1.63. The number of nitrogens with zero attached hydrogens (tertiary/aromatic N) is 3. The molecule has 26 heavy (non-hydrogen) atoms. The highest BCUT2D eigenvalue weighted by Gasteiger charge is 2.23. The molecule has 0 unspecified atom stereocenters. The lowest BCUT2D eigenvalue weighted by Gasteiger charge is -2.37. The van der Waals surface area contributed by atoms with Crippen LogP contribution in [0, 0.1) is 0 Å². The van der Waals surface area contributed by atoms with Crippen molar-refractivity contribution in [2.45, 2.75) is 6.92 Å². The average Bonchev–Trinajstić information content (AvgIpc) is 2.62. The van der Waals surface area contributed by atoms with Crippen molar-refractivity contribution in [3.63, 3.8) is 0 Å². The molecular weight excluding hydrogens is 375 g/mol. The normalized spacial score (nSPS) is 14.3. The van der Waals surface area contributed by atoms with Gasteiger partial charge in [0.1, 0.15) is 5.15 Å². The molecule has 8 heteroatoms. The van der Waals surface area contributed by atoms with Crippen LogP contribution in [0.2, 0.25) is 10.2 Å². The first-order valence-corrected chi connectivity index (χ1v) is 8.94. The van der Waals surface area contributed by atoms with Gasteiger partial charge in [0.2, 0.25) is 5.91 Å². The quantitative estimate of drug-likeness (QED) is 0.813. The molecule has 1 aromatic heterocycles. The van der Waals surface area contributed by atoms with Gasteiger partial charge in [0, 0.05) is 39.3 Å². The molecule has 1 saturated heterocycles. The van der Waals surface area contributed by atoms with Gasteiger partial charge >= 0.3 is 0 Å². The first kappa shape index (κ1) is 18.5. The van der Waals surface area contributed by atoms with E-state index in [1.165, 1.54) is 6.20 Å². The van der Waals surface area contributed by atoms with E-state index in [-0.39, 0.29) is 17.0 Å². The second-order valence-electron chi connectivity index (χ2n) is 5.93. The lowest BCUT2D eigenvalue weighted by molar-refractivity contribution is -0.129. The predicted octanol–water partition coefficient (Wildman–Crippen LogP) is 3.31. The van der Waals surface area contributed by atoms with Crippen LogP contribution in [0.5, 0.6) is 0 Å². The molecule has 1 aliphatic rings. The molecule has 0 saturated carbocycles. The van der Waals surface area contributed by atoms with Gasteiger partial charge in [-0.1, -0.05) is 29.3 Å². The van der Waals surface area contributed by atoms with Gasteiger partial charge in [0.15, 0.2) is 0 Å². The molecule has 0 spiro atoms. The van der Waals surface area contributed by atoms with Gasteiger partial charge in [0.25, 0.3) is 5.91 Å². The Balaban J connectivity index is 1.83. The molecule has 1 aromatic carbocycles. The summed E-state index contributed by atoms with van der Waals surface area (Å²) in [4.78, 5) is 31.9. The van der Waals surface area contributed by atoms with E-state index in [1.807, 2.05) is 0 Å². The molecule has 0 radical (unpaired) electrons. The Labute approximate surface area is 161 Å². The van der Waals surface area contributed by atoms with E-state index < -0.39 is 0 Å². The van der Waals surface area contributed by atoms with Crippen molar-refractivity contribution in [1.82, 2.24) is 9.88 Å². The Morgan fingerprint density at radius 3 is 2.46 bits per heavy atom. The van der Waals surface area contributed by atoms with Crippen molar-refractivity contribution in [1.29, 1.82) is 0 Å². The Hall–Kier alpha value is -2.31. The van der Waals surface area contributed by atoms with Crippen molar-refractivity contribution in [2.24, 2.45) is 0 Å². The number of amides is 2. The third kappa shape index (κ3) is 3.92. The number of anilines is 2. The van der Waals surface area contributed by atoms with E-state index in [1.54, 1.807) is 42.2 Å². The number of para-hydroxylation sites is 1. The standard InChI is InChI=1S/C18H18Cl2N4O2/c1-12(25)23-8-10-24(11-9-23)16-14(19)5-2-6-15(16)22-18(26)13-4-3-7-21-17(13)20/h2-7H,8-11H2,1H3,(H,22,26). The minimum Gasteiger partial charge on any atom is -0.365 e. The van der Waals surface area contributed by atoms with Crippen LogP contribution in [-0.4, -0.2) is 47.9 Å². The number of hydrogen-bond donors (Lipinski definition) is 1. The molecule has 1 aliphatic heterocycles. The molecule has 6 nitrogen and oxygen atoms in total. The van der Waals surface area contributed by atoms with Crippen molar-refractivity contribution in [3.8, 4) is 0 Å². The van der Waals surface area contributed by atoms with E-state index in [4.69, 9.17) is 23.2 Å². The third-order valence-electron chi connectivity index (χ3n) is 4.28.